The zero-order valence-electron chi connectivity index (χ0n) is 17.5. The minimum absolute atomic E-state index is 0.0947. The van der Waals surface area contributed by atoms with Crippen molar-refractivity contribution in [2.75, 3.05) is 12.3 Å². The number of rotatable bonds is 8. The summed E-state index contributed by atoms with van der Waals surface area (Å²) in [4.78, 5) is 14.2. The van der Waals surface area contributed by atoms with E-state index in [4.69, 9.17) is 5.10 Å². The first-order valence-corrected chi connectivity index (χ1v) is 11.3. The van der Waals surface area contributed by atoms with Gasteiger partial charge in [-0.05, 0) is 24.6 Å². The zero-order chi connectivity index (χ0) is 21.5. The largest absolute Gasteiger partial charge is 0.351 e. The number of amides is 1. The van der Waals surface area contributed by atoms with Crippen molar-refractivity contribution in [2.24, 2.45) is 0 Å². The van der Waals surface area contributed by atoms with Gasteiger partial charge < -0.3 is 5.32 Å². The predicted octanol–water partition coefficient (Wildman–Crippen LogP) is 5.43. The molecule has 3 aromatic carbocycles. The van der Waals surface area contributed by atoms with Crippen molar-refractivity contribution in [3.8, 4) is 11.3 Å². The highest BCUT2D eigenvalue weighted by molar-refractivity contribution is 7.99. The molecule has 4 aromatic rings. The smallest absolute Gasteiger partial charge is 0.255 e. The Balaban J connectivity index is 1.46. The van der Waals surface area contributed by atoms with E-state index in [-0.39, 0.29) is 5.91 Å². The number of aromatic nitrogens is 2. The Labute approximate surface area is 187 Å². The Morgan fingerprint density at radius 3 is 2.32 bits per heavy atom. The van der Waals surface area contributed by atoms with Crippen LogP contribution in [0.1, 0.15) is 21.5 Å². The van der Waals surface area contributed by atoms with Gasteiger partial charge >= 0.3 is 0 Å². The van der Waals surface area contributed by atoms with Crippen molar-refractivity contribution in [1.29, 1.82) is 0 Å². The third-order valence-corrected chi connectivity index (χ3v) is 5.93. The van der Waals surface area contributed by atoms with E-state index in [1.165, 1.54) is 10.5 Å². The molecule has 1 heterocycles. The normalized spacial score (nSPS) is 10.7. The van der Waals surface area contributed by atoms with Gasteiger partial charge in [-0.3, -0.25) is 9.48 Å². The van der Waals surface area contributed by atoms with E-state index in [1.54, 1.807) is 11.8 Å². The van der Waals surface area contributed by atoms with Crippen LogP contribution in [0.25, 0.3) is 11.3 Å². The van der Waals surface area contributed by atoms with E-state index in [1.807, 2.05) is 59.4 Å². The van der Waals surface area contributed by atoms with Crippen molar-refractivity contribution >= 4 is 17.7 Å². The van der Waals surface area contributed by atoms with Crippen LogP contribution in [-0.2, 0) is 6.54 Å². The summed E-state index contributed by atoms with van der Waals surface area (Å²) in [7, 11) is 0. The lowest BCUT2D eigenvalue weighted by Crippen LogP contribution is -2.25. The van der Waals surface area contributed by atoms with Crippen LogP contribution in [0.15, 0.2) is 96.0 Å². The SMILES string of the molecule is Cc1ccc(SCCNC(=O)c2cn(Cc3ccccc3)nc2-c2ccccc2)cc1. The maximum atomic E-state index is 13.0. The highest BCUT2D eigenvalue weighted by atomic mass is 32.2. The fourth-order valence-corrected chi connectivity index (χ4v) is 4.08. The van der Waals surface area contributed by atoms with Gasteiger partial charge in [-0.25, -0.2) is 0 Å². The fraction of sp³-hybridized carbons (Fsp3) is 0.154. The highest BCUT2D eigenvalue weighted by Gasteiger charge is 2.17. The number of hydrogen-bond donors (Lipinski definition) is 1. The van der Waals surface area contributed by atoms with E-state index in [0.29, 0.717) is 24.3 Å². The average Bonchev–Trinajstić information content (AvgIpc) is 3.23. The van der Waals surface area contributed by atoms with E-state index in [2.05, 4.69) is 48.6 Å². The Morgan fingerprint density at radius 2 is 1.61 bits per heavy atom. The second-order valence-corrected chi connectivity index (χ2v) is 8.53. The van der Waals surface area contributed by atoms with Crippen molar-refractivity contribution in [2.45, 2.75) is 18.4 Å². The molecule has 0 aliphatic heterocycles. The van der Waals surface area contributed by atoms with Gasteiger partial charge in [0.1, 0.15) is 5.69 Å². The van der Waals surface area contributed by atoms with E-state index in [9.17, 15) is 4.79 Å². The number of carbonyl (C=O) groups excluding carboxylic acids is 1. The molecular formula is C26H25N3OS. The summed E-state index contributed by atoms with van der Waals surface area (Å²) < 4.78 is 1.84. The molecule has 0 saturated heterocycles. The molecule has 31 heavy (non-hydrogen) atoms. The van der Waals surface area contributed by atoms with Gasteiger partial charge in [0.05, 0.1) is 12.1 Å². The number of aryl methyl sites for hydroxylation is 1. The number of hydrogen-bond acceptors (Lipinski definition) is 3. The first-order chi connectivity index (χ1) is 15.2. The van der Waals surface area contributed by atoms with Gasteiger partial charge in [-0.1, -0.05) is 78.4 Å². The summed E-state index contributed by atoms with van der Waals surface area (Å²) in [6.07, 6.45) is 1.85. The molecule has 1 N–H and O–H groups in total. The minimum atomic E-state index is -0.0947. The van der Waals surface area contributed by atoms with Crippen LogP contribution in [-0.4, -0.2) is 28.0 Å². The monoisotopic (exact) mass is 427 g/mol. The van der Waals surface area contributed by atoms with E-state index in [0.717, 1.165) is 16.9 Å². The third-order valence-electron chi connectivity index (χ3n) is 4.92. The van der Waals surface area contributed by atoms with Crippen LogP contribution >= 0.6 is 11.8 Å². The van der Waals surface area contributed by atoms with Crippen LogP contribution in [0.5, 0.6) is 0 Å². The van der Waals surface area contributed by atoms with Crippen molar-refractivity contribution in [1.82, 2.24) is 15.1 Å². The summed E-state index contributed by atoms with van der Waals surface area (Å²) in [5.74, 6) is 0.718. The topological polar surface area (TPSA) is 46.9 Å². The fourth-order valence-electron chi connectivity index (χ4n) is 3.31. The Hall–Kier alpha value is -3.31. The summed E-state index contributed by atoms with van der Waals surface area (Å²) in [6, 6.07) is 28.4. The summed E-state index contributed by atoms with van der Waals surface area (Å²) >= 11 is 1.74. The maximum Gasteiger partial charge on any atom is 0.255 e. The Kier molecular flexibility index (Phi) is 6.85. The molecule has 0 radical (unpaired) electrons. The Bertz CT molecular complexity index is 1120. The molecule has 156 valence electrons. The second kappa shape index (κ2) is 10.1. The van der Waals surface area contributed by atoms with E-state index >= 15 is 0 Å². The molecule has 0 bridgehead atoms. The lowest BCUT2D eigenvalue weighted by Gasteiger charge is -2.06. The maximum absolute atomic E-state index is 13.0. The van der Waals surface area contributed by atoms with Gasteiger partial charge in [0.25, 0.3) is 5.91 Å². The second-order valence-electron chi connectivity index (χ2n) is 7.36. The molecule has 0 atom stereocenters. The molecule has 5 heteroatoms. The third kappa shape index (κ3) is 5.64. The summed E-state index contributed by atoms with van der Waals surface area (Å²) in [5, 5.41) is 7.79. The number of carbonyl (C=O) groups is 1. The molecule has 0 aliphatic carbocycles. The van der Waals surface area contributed by atoms with Crippen LogP contribution in [0.4, 0.5) is 0 Å². The molecule has 0 saturated carbocycles. The average molecular weight is 428 g/mol. The van der Waals surface area contributed by atoms with Crippen LogP contribution < -0.4 is 5.32 Å². The standard InChI is InChI=1S/C26H25N3OS/c1-20-12-14-23(15-13-20)31-17-16-27-26(30)24-19-29(18-21-8-4-2-5-9-21)28-25(24)22-10-6-3-7-11-22/h2-15,19H,16-18H2,1H3,(H,27,30). The lowest BCUT2D eigenvalue weighted by atomic mass is 10.1. The molecule has 4 rings (SSSR count). The van der Waals surface area contributed by atoms with Gasteiger partial charge in [-0.2, -0.15) is 5.10 Å². The van der Waals surface area contributed by atoms with Gasteiger partial charge in [0, 0.05) is 29.0 Å². The van der Waals surface area contributed by atoms with E-state index < -0.39 is 0 Å². The molecule has 0 aliphatic rings. The van der Waals surface area contributed by atoms with Crippen molar-refractivity contribution in [3.63, 3.8) is 0 Å². The Morgan fingerprint density at radius 1 is 0.935 bits per heavy atom. The molecule has 4 nitrogen and oxygen atoms in total. The van der Waals surface area contributed by atoms with Gasteiger partial charge in [-0.15, -0.1) is 11.8 Å². The predicted molar refractivity (Wildman–Crippen MR) is 127 cm³/mol. The number of benzene rings is 3. The molecule has 1 amide bonds. The van der Waals surface area contributed by atoms with Crippen LogP contribution in [0.3, 0.4) is 0 Å². The number of nitrogens with one attached hydrogen (secondary N) is 1. The minimum Gasteiger partial charge on any atom is -0.351 e. The lowest BCUT2D eigenvalue weighted by molar-refractivity contribution is 0.0956. The molecule has 0 spiro atoms. The first-order valence-electron chi connectivity index (χ1n) is 10.3. The van der Waals surface area contributed by atoms with Crippen LogP contribution in [0, 0.1) is 6.92 Å². The molecule has 1 aromatic heterocycles. The quantitative estimate of drug-likeness (QED) is 0.301. The molecule has 0 fully saturated rings. The van der Waals surface area contributed by atoms with Crippen LogP contribution in [0.2, 0.25) is 0 Å². The van der Waals surface area contributed by atoms with Crippen molar-refractivity contribution in [3.05, 3.63) is 108 Å². The first kappa shape index (κ1) is 20.9. The number of nitrogens with zero attached hydrogens (tertiary/aromatic N) is 2. The van der Waals surface area contributed by atoms with Gasteiger partial charge in [0.15, 0.2) is 0 Å². The zero-order valence-corrected chi connectivity index (χ0v) is 18.3. The summed E-state index contributed by atoms with van der Waals surface area (Å²) in [6.45, 7) is 3.30. The summed E-state index contributed by atoms with van der Waals surface area (Å²) in [5.41, 5.74) is 4.64. The van der Waals surface area contributed by atoms with Crippen molar-refractivity contribution < 1.29 is 4.79 Å². The number of thioether (sulfide) groups is 1. The highest BCUT2D eigenvalue weighted by Crippen LogP contribution is 2.23. The van der Waals surface area contributed by atoms with Gasteiger partial charge in [0.2, 0.25) is 0 Å². The molecular weight excluding hydrogens is 402 g/mol. The molecule has 0 unspecified atom stereocenters.